The Balaban J connectivity index is 1.45. The molecule has 1 atom stereocenters. The Morgan fingerprint density at radius 2 is 2.03 bits per heavy atom. The molecule has 0 radical (unpaired) electrons. The van der Waals surface area contributed by atoms with Crippen LogP contribution in [0.2, 0.25) is 0 Å². The number of nitrogens with one attached hydrogen (secondary N) is 1. The molecule has 1 saturated heterocycles. The Labute approximate surface area is 212 Å². The first-order valence-corrected chi connectivity index (χ1v) is 11.9. The molecule has 0 saturated carbocycles. The first kappa shape index (κ1) is 24.0. The molecule has 2 aromatic carbocycles. The fourth-order valence-corrected chi connectivity index (χ4v) is 4.72. The van der Waals surface area contributed by atoms with Gasteiger partial charge in [-0.3, -0.25) is 4.79 Å². The van der Waals surface area contributed by atoms with Crippen LogP contribution in [0.15, 0.2) is 54.9 Å². The van der Waals surface area contributed by atoms with Gasteiger partial charge in [0.15, 0.2) is 5.65 Å². The van der Waals surface area contributed by atoms with Crippen molar-refractivity contribution in [3.63, 3.8) is 0 Å². The van der Waals surface area contributed by atoms with Gasteiger partial charge in [-0.05, 0) is 36.6 Å². The number of para-hydroxylation sites is 1. The van der Waals surface area contributed by atoms with Crippen LogP contribution in [0.5, 0.6) is 5.75 Å². The van der Waals surface area contributed by atoms with Gasteiger partial charge in [0.1, 0.15) is 23.6 Å². The summed E-state index contributed by atoms with van der Waals surface area (Å²) >= 11 is 0. The van der Waals surface area contributed by atoms with E-state index in [1.165, 1.54) is 18.3 Å². The van der Waals surface area contributed by atoms with E-state index in [2.05, 4.69) is 15.3 Å². The van der Waals surface area contributed by atoms with Crippen LogP contribution in [0.4, 0.5) is 10.6 Å². The standard InChI is InChI=1S/C26H27N7O4/c1-37-20-10-3-2-9-19(20)25(34)28-13-16-6-4-7-17(12-16)22-21-23(27)29-15-30-24(21)33(31-22)18-8-5-11-32(14-18)26(35)36/h2-4,6-7,9-10,12,15,18H,5,8,11,13-14H2,1H3,(H,28,34)(H,35,36)(H2,27,29,30)/t18-/m1/s1. The minimum absolute atomic E-state index is 0.168. The van der Waals surface area contributed by atoms with Crippen molar-refractivity contribution in [3.05, 3.63) is 66.0 Å². The van der Waals surface area contributed by atoms with Gasteiger partial charge in [0, 0.05) is 25.2 Å². The van der Waals surface area contributed by atoms with Gasteiger partial charge in [-0.25, -0.2) is 19.4 Å². The highest BCUT2D eigenvalue weighted by Crippen LogP contribution is 2.34. The lowest BCUT2D eigenvalue weighted by Crippen LogP contribution is -2.40. The molecular weight excluding hydrogens is 474 g/mol. The van der Waals surface area contributed by atoms with E-state index in [1.807, 2.05) is 30.3 Å². The quantitative estimate of drug-likeness (QED) is 0.364. The molecule has 11 heteroatoms. The summed E-state index contributed by atoms with van der Waals surface area (Å²) in [4.78, 5) is 34.3. The number of nitrogens with two attached hydrogens (primary N) is 1. The van der Waals surface area contributed by atoms with Gasteiger partial charge in [0.05, 0.1) is 24.1 Å². The van der Waals surface area contributed by atoms with Crippen LogP contribution in [0.25, 0.3) is 22.3 Å². The van der Waals surface area contributed by atoms with Crippen LogP contribution in [-0.4, -0.2) is 62.0 Å². The van der Waals surface area contributed by atoms with Crippen molar-refractivity contribution in [2.24, 2.45) is 0 Å². The van der Waals surface area contributed by atoms with Gasteiger partial charge in [0.25, 0.3) is 5.91 Å². The number of rotatable bonds is 6. The van der Waals surface area contributed by atoms with Crippen molar-refractivity contribution in [1.29, 1.82) is 0 Å². The van der Waals surface area contributed by atoms with Gasteiger partial charge < -0.3 is 25.8 Å². The predicted molar refractivity (Wildman–Crippen MR) is 137 cm³/mol. The van der Waals surface area contributed by atoms with E-state index in [-0.39, 0.29) is 11.9 Å². The molecular formula is C26H27N7O4. The number of nitrogen functional groups attached to an aromatic ring is 1. The average Bonchev–Trinajstić information content (AvgIpc) is 3.33. The van der Waals surface area contributed by atoms with Crippen molar-refractivity contribution in [2.75, 3.05) is 25.9 Å². The van der Waals surface area contributed by atoms with Crippen molar-refractivity contribution in [3.8, 4) is 17.0 Å². The summed E-state index contributed by atoms with van der Waals surface area (Å²) in [6.45, 7) is 1.12. The van der Waals surface area contributed by atoms with E-state index in [1.54, 1.807) is 22.9 Å². The monoisotopic (exact) mass is 501 g/mol. The number of ether oxygens (including phenoxy) is 1. The number of hydrogen-bond donors (Lipinski definition) is 3. The number of hydrogen-bond acceptors (Lipinski definition) is 7. The number of nitrogens with zero attached hydrogens (tertiary/aromatic N) is 5. The Morgan fingerprint density at radius 3 is 2.84 bits per heavy atom. The van der Waals surface area contributed by atoms with E-state index >= 15 is 0 Å². The molecule has 2 aromatic heterocycles. The molecule has 2 amide bonds. The molecule has 11 nitrogen and oxygen atoms in total. The normalized spacial score (nSPS) is 15.5. The SMILES string of the molecule is COc1ccccc1C(=O)NCc1cccc(-c2nn([C@@H]3CCCN(C(=O)O)C3)c3ncnc(N)c23)c1. The van der Waals surface area contributed by atoms with Crippen LogP contribution in [-0.2, 0) is 6.54 Å². The van der Waals surface area contributed by atoms with Crippen LogP contribution in [0.1, 0.15) is 34.8 Å². The number of anilines is 1. The second-order valence-electron chi connectivity index (χ2n) is 8.86. The van der Waals surface area contributed by atoms with Crippen molar-refractivity contribution < 1.29 is 19.4 Å². The molecule has 4 N–H and O–H groups in total. The summed E-state index contributed by atoms with van der Waals surface area (Å²) in [5.74, 6) is 0.563. The minimum Gasteiger partial charge on any atom is -0.496 e. The maximum absolute atomic E-state index is 12.7. The average molecular weight is 502 g/mol. The molecule has 0 unspecified atom stereocenters. The molecule has 0 spiro atoms. The molecule has 3 heterocycles. The first-order valence-electron chi connectivity index (χ1n) is 11.9. The topological polar surface area (TPSA) is 148 Å². The first-order chi connectivity index (χ1) is 18.0. The van der Waals surface area contributed by atoms with E-state index in [9.17, 15) is 14.7 Å². The van der Waals surface area contributed by atoms with Crippen LogP contribution >= 0.6 is 0 Å². The van der Waals surface area contributed by atoms with Gasteiger partial charge in [-0.1, -0.05) is 30.3 Å². The van der Waals surface area contributed by atoms with Crippen molar-refractivity contribution in [2.45, 2.75) is 25.4 Å². The molecule has 4 aromatic rings. The molecule has 37 heavy (non-hydrogen) atoms. The summed E-state index contributed by atoms with van der Waals surface area (Å²) in [5.41, 5.74) is 9.56. The fourth-order valence-electron chi connectivity index (χ4n) is 4.72. The number of carboxylic acid groups (broad SMARTS) is 1. The Bertz CT molecular complexity index is 1470. The highest BCUT2D eigenvalue weighted by molar-refractivity contribution is 5.98. The number of carbonyl (C=O) groups excluding carboxylic acids is 1. The van der Waals surface area contributed by atoms with Crippen LogP contribution in [0, 0.1) is 0 Å². The van der Waals surface area contributed by atoms with Gasteiger partial charge in [0.2, 0.25) is 0 Å². The summed E-state index contributed by atoms with van der Waals surface area (Å²) in [7, 11) is 1.53. The van der Waals surface area contributed by atoms with Crippen LogP contribution < -0.4 is 15.8 Å². The Hall–Kier alpha value is -4.67. The third kappa shape index (κ3) is 4.75. The number of methoxy groups -OCH3 is 1. The molecule has 0 bridgehead atoms. The Kier molecular flexibility index (Phi) is 6.59. The number of aromatic nitrogens is 4. The molecule has 190 valence electrons. The van der Waals surface area contributed by atoms with E-state index < -0.39 is 6.09 Å². The minimum atomic E-state index is -0.946. The smallest absolute Gasteiger partial charge is 0.407 e. The van der Waals surface area contributed by atoms with E-state index in [0.29, 0.717) is 53.5 Å². The summed E-state index contributed by atoms with van der Waals surface area (Å²) in [5, 5.41) is 17.9. The molecule has 5 rings (SSSR count). The third-order valence-electron chi connectivity index (χ3n) is 6.54. The largest absolute Gasteiger partial charge is 0.496 e. The maximum Gasteiger partial charge on any atom is 0.407 e. The van der Waals surface area contributed by atoms with E-state index in [0.717, 1.165) is 24.0 Å². The predicted octanol–water partition coefficient (Wildman–Crippen LogP) is 3.33. The molecule has 1 aliphatic rings. The number of likely N-dealkylation sites (tertiary alicyclic amines) is 1. The lowest BCUT2D eigenvalue weighted by atomic mass is 10.1. The number of fused-ring (bicyclic) bond motifs is 1. The zero-order chi connectivity index (χ0) is 25.9. The second kappa shape index (κ2) is 10.1. The maximum atomic E-state index is 12.7. The van der Waals surface area contributed by atoms with Gasteiger partial charge >= 0.3 is 6.09 Å². The third-order valence-corrected chi connectivity index (χ3v) is 6.54. The second-order valence-corrected chi connectivity index (χ2v) is 8.86. The lowest BCUT2D eigenvalue weighted by Gasteiger charge is -2.30. The number of amides is 2. The zero-order valence-corrected chi connectivity index (χ0v) is 20.3. The molecule has 0 aliphatic carbocycles. The van der Waals surface area contributed by atoms with Gasteiger partial charge in [-0.2, -0.15) is 5.10 Å². The van der Waals surface area contributed by atoms with Gasteiger partial charge in [-0.15, -0.1) is 0 Å². The zero-order valence-electron chi connectivity index (χ0n) is 20.3. The summed E-state index contributed by atoms with van der Waals surface area (Å²) < 4.78 is 7.06. The lowest BCUT2D eigenvalue weighted by molar-refractivity contribution is 0.0947. The molecule has 1 fully saturated rings. The fraction of sp³-hybridized carbons (Fsp3) is 0.269. The number of carbonyl (C=O) groups is 2. The summed E-state index contributed by atoms with van der Waals surface area (Å²) in [6.07, 6.45) is 1.95. The van der Waals surface area contributed by atoms with E-state index in [4.69, 9.17) is 15.6 Å². The van der Waals surface area contributed by atoms with Crippen LogP contribution in [0.3, 0.4) is 0 Å². The highest BCUT2D eigenvalue weighted by atomic mass is 16.5. The molecule has 1 aliphatic heterocycles. The van der Waals surface area contributed by atoms with Crippen molar-refractivity contribution in [1.82, 2.24) is 30.0 Å². The highest BCUT2D eigenvalue weighted by Gasteiger charge is 2.28. The summed E-state index contributed by atoms with van der Waals surface area (Å²) in [6, 6.07) is 14.5. The van der Waals surface area contributed by atoms with Crippen molar-refractivity contribution >= 4 is 28.9 Å². The number of benzene rings is 2. The Morgan fingerprint density at radius 1 is 1.19 bits per heavy atom. The number of piperidine rings is 1.